The molecule has 0 aliphatic heterocycles. The van der Waals surface area contributed by atoms with Crippen LogP contribution in [0.15, 0.2) is 72.8 Å². The fraction of sp³-hybridized carbons (Fsp3) is 0.0909. The summed E-state index contributed by atoms with van der Waals surface area (Å²) in [5, 5.41) is 6.65. The van der Waals surface area contributed by atoms with E-state index in [9.17, 15) is 9.59 Å². The van der Waals surface area contributed by atoms with E-state index in [0.29, 0.717) is 32.7 Å². The zero-order chi connectivity index (χ0) is 20.8. The van der Waals surface area contributed by atoms with Crippen LogP contribution in [0.25, 0.3) is 0 Å². The van der Waals surface area contributed by atoms with Gasteiger partial charge in [0.2, 0.25) is 0 Å². The first-order valence-electron chi connectivity index (χ1n) is 8.81. The predicted octanol–water partition coefficient (Wildman–Crippen LogP) is 5.65. The van der Waals surface area contributed by atoms with E-state index in [1.54, 1.807) is 79.7 Å². The van der Waals surface area contributed by atoms with Crippen LogP contribution in [0.1, 0.15) is 17.3 Å². The number of anilines is 2. The Morgan fingerprint density at radius 1 is 0.828 bits per heavy atom. The smallest absolute Gasteiger partial charge is 0.265 e. The molecule has 3 aromatic rings. The summed E-state index contributed by atoms with van der Waals surface area (Å²) in [5.74, 6) is -0.0921. The zero-order valence-electron chi connectivity index (χ0n) is 15.5. The van der Waals surface area contributed by atoms with Crippen molar-refractivity contribution in [3.8, 4) is 5.75 Å². The summed E-state index contributed by atoms with van der Waals surface area (Å²) in [5.41, 5.74) is 1.69. The summed E-state index contributed by atoms with van der Waals surface area (Å²) in [4.78, 5) is 24.6. The van der Waals surface area contributed by atoms with Crippen molar-refractivity contribution in [1.82, 2.24) is 0 Å². The molecule has 148 valence electrons. The zero-order valence-corrected chi connectivity index (χ0v) is 17.0. The van der Waals surface area contributed by atoms with Crippen molar-refractivity contribution in [2.45, 2.75) is 13.0 Å². The van der Waals surface area contributed by atoms with Gasteiger partial charge in [-0.25, -0.2) is 0 Å². The monoisotopic (exact) mass is 428 g/mol. The highest BCUT2D eigenvalue weighted by Gasteiger charge is 2.15. The van der Waals surface area contributed by atoms with Crippen molar-refractivity contribution < 1.29 is 14.3 Å². The first kappa shape index (κ1) is 20.7. The lowest BCUT2D eigenvalue weighted by atomic mass is 10.2. The van der Waals surface area contributed by atoms with Crippen LogP contribution in [0.3, 0.4) is 0 Å². The standard InChI is InChI=1S/C22H18Cl2N2O3/c1-14(21(27)25-18-9-7-16(23)8-10-18)29-20-11-5-15(6-12-20)22(28)26-19-4-2-3-17(24)13-19/h2-14H,1H3,(H,25,27)(H,26,28)/t14-/m0/s1. The summed E-state index contributed by atoms with van der Waals surface area (Å²) < 4.78 is 5.65. The molecule has 0 bridgehead atoms. The first-order valence-corrected chi connectivity index (χ1v) is 9.56. The summed E-state index contributed by atoms with van der Waals surface area (Å²) >= 11 is 11.8. The molecule has 0 radical (unpaired) electrons. The molecular formula is C22H18Cl2N2O3. The van der Waals surface area contributed by atoms with Crippen LogP contribution < -0.4 is 15.4 Å². The molecule has 0 saturated carbocycles. The molecule has 0 aliphatic rings. The van der Waals surface area contributed by atoms with Gasteiger partial charge in [-0.15, -0.1) is 0 Å². The molecule has 7 heteroatoms. The van der Waals surface area contributed by atoms with Crippen LogP contribution in [0.2, 0.25) is 10.0 Å². The van der Waals surface area contributed by atoms with Gasteiger partial charge in [-0.3, -0.25) is 9.59 Å². The van der Waals surface area contributed by atoms with Crippen molar-refractivity contribution in [1.29, 1.82) is 0 Å². The molecule has 0 heterocycles. The summed E-state index contributed by atoms with van der Waals surface area (Å²) in [6.45, 7) is 1.64. The molecule has 0 saturated heterocycles. The SMILES string of the molecule is C[C@H](Oc1ccc(C(=O)Nc2cccc(Cl)c2)cc1)C(=O)Nc1ccc(Cl)cc1. The second kappa shape index (κ2) is 9.45. The van der Waals surface area contributed by atoms with Crippen molar-refractivity contribution in [3.05, 3.63) is 88.4 Å². The highest BCUT2D eigenvalue weighted by molar-refractivity contribution is 6.31. The van der Waals surface area contributed by atoms with Crippen molar-refractivity contribution >= 4 is 46.4 Å². The Bertz CT molecular complexity index is 1010. The lowest BCUT2D eigenvalue weighted by molar-refractivity contribution is -0.122. The van der Waals surface area contributed by atoms with Gasteiger partial charge in [0.1, 0.15) is 5.75 Å². The average molecular weight is 429 g/mol. The van der Waals surface area contributed by atoms with E-state index in [1.807, 2.05) is 0 Å². The topological polar surface area (TPSA) is 67.4 Å². The lowest BCUT2D eigenvalue weighted by Crippen LogP contribution is -2.30. The molecule has 0 unspecified atom stereocenters. The minimum absolute atomic E-state index is 0.271. The predicted molar refractivity (Wildman–Crippen MR) is 116 cm³/mol. The molecule has 2 amide bonds. The maximum absolute atomic E-state index is 12.3. The van der Waals surface area contributed by atoms with Crippen LogP contribution in [-0.2, 0) is 4.79 Å². The molecule has 0 aliphatic carbocycles. The van der Waals surface area contributed by atoms with Gasteiger partial charge in [0, 0.05) is 27.0 Å². The number of hydrogen-bond donors (Lipinski definition) is 2. The summed E-state index contributed by atoms with van der Waals surface area (Å²) in [6, 6.07) is 20.2. The Morgan fingerprint density at radius 3 is 2.17 bits per heavy atom. The Labute approximate surface area is 178 Å². The number of hydrogen-bond acceptors (Lipinski definition) is 3. The molecule has 0 aromatic heterocycles. The molecule has 2 N–H and O–H groups in total. The number of benzene rings is 3. The highest BCUT2D eigenvalue weighted by atomic mass is 35.5. The summed E-state index contributed by atoms with van der Waals surface area (Å²) in [7, 11) is 0. The third-order valence-corrected chi connectivity index (χ3v) is 4.48. The fourth-order valence-electron chi connectivity index (χ4n) is 2.49. The van der Waals surface area contributed by atoms with Gasteiger partial charge in [0.25, 0.3) is 11.8 Å². The van der Waals surface area contributed by atoms with E-state index < -0.39 is 6.10 Å². The number of halogens is 2. The first-order chi connectivity index (χ1) is 13.9. The molecule has 0 fully saturated rings. The van der Waals surface area contributed by atoms with Gasteiger partial charge < -0.3 is 15.4 Å². The number of ether oxygens (including phenoxy) is 1. The fourth-order valence-corrected chi connectivity index (χ4v) is 2.81. The average Bonchev–Trinajstić information content (AvgIpc) is 2.70. The number of nitrogens with one attached hydrogen (secondary N) is 2. The van der Waals surface area contributed by atoms with Gasteiger partial charge in [-0.1, -0.05) is 29.3 Å². The third kappa shape index (κ3) is 5.98. The normalized spacial score (nSPS) is 11.4. The Kier molecular flexibility index (Phi) is 6.75. The van der Waals surface area contributed by atoms with Gasteiger partial charge in [-0.2, -0.15) is 0 Å². The molecular weight excluding hydrogens is 411 g/mol. The molecule has 5 nitrogen and oxygen atoms in total. The molecule has 3 rings (SSSR count). The van der Waals surface area contributed by atoms with E-state index >= 15 is 0 Å². The minimum atomic E-state index is -0.725. The number of rotatable bonds is 6. The van der Waals surface area contributed by atoms with Crippen LogP contribution in [0, 0.1) is 0 Å². The molecule has 1 atom stereocenters. The number of carbonyl (C=O) groups excluding carboxylic acids is 2. The lowest BCUT2D eigenvalue weighted by Gasteiger charge is -2.15. The minimum Gasteiger partial charge on any atom is -0.481 e. The van der Waals surface area contributed by atoms with Crippen molar-refractivity contribution in [2.75, 3.05) is 10.6 Å². The van der Waals surface area contributed by atoms with Crippen LogP contribution >= 0.6 is 23.2 Å². The van der Waals surface area contributed by atoms with Crippen LogP contribution in [-0.4, -0.2) is 17.9 Å². The van der Waals surface area contributed by atoms with Gasteiger partial charge >= 0.3 is 0 Å². The quantitative estimate of drug-likeness (QED) is 0.532. The van der Waals surface area contributed by atoms with E-state index in [1.165, 1.54) is 0 Å². The Hall–Kier alpha value is -3.02. The van der Waals surface area contributed by atoms with Gasteiger partial charge in [0.15, 0.2) is 6.10 Å². The molecule has 29 heavy (non-hydrogen) atoms. The highest BCUT2D eigenvalue weighted by Crippen LogP contribution is 2.19. The van der Waals surface area contributed by atoms with E-state index in [2.05, 4.69) is 10.6 Å². The molecule has 3 aromatic carbocycles. The second-order valence-electron chi connectivity index (χ2n) is 6.25. The van der Waals surface area contributed by atoms with E-state index in [0.717, 1.165) is 0 Å². The van der Waals surface area contributed by atoms with E-state index in [-0.39, 0.29) is 11.8 Å². The molecule has 0 spiro atoms. The number of carbonyl (C=O) groups is 2. The van der Waals surface area contributed by atoms with Gasteiger partial charge in [-0.05, 0) is 73.7 Å². The van der Waals surface area contributed by atoms with E-state index in [4.69, 9.17) is 27.9 Å². The third-order valence-electron chi connectivity index (χ3n) is 3.99. The maximum Gasteiger partial charge on any atom is 0.265 e. The second-order valence-corrected chi connectivity index (χ2v) is 7.12. The van der Waals surface area contributed by atoms with Crippen molar-refractivity contribution in [2.24, 2.45) is 0 Å². The number of amides is 2. The largest absolute Gasteiger partial charge is 0.481 e. The van der Waals surface area contributed by atoms with Crippen LogP contribution in [0.4, 0.5) is 11.4 Å². The summed E-state index contributed by atoms with van der Waals surface area (Å²) in [6.07, 6.45) is -0.725. The Morgan fingerprint density at radius 2 is 1.52 bits per heavy atom. The maximum atomic E-state index is 12.3. The Balaban J connectivity index is 1.57. The van der Waals surface area contributed by atoms with Gasteiger partial charge in [0.05, 0.1) is 0 Å². The van der Waals surface area contributed by atoms with Crippen LogP contribution in [0.5, 0.6) is 5.75 Å². The van der Waals surface area contributed by atoms with Crippen molar-refractivity contribution in [3.63, 3.8) is 0 Å².